The minimum absolute atomic E-state index is 0.494. The normalized spacial score (nSPS) is 10.5. The maximum absolute atomic E-state index is 4.24. The fraction of sp³-hybridized carbons (Fsp3) is 0.583. The molecule has 1 N–H and O–H groups in total. The first-order valence-electron chi connectivity index (χ1n) is 5.57. The number of pyridine rings is 1. The summed E-state index contributed by atoms with van der Waals surface area (Å²) in [7, 11) is 2.09. The van der Waals surface area contributed by atoms with Gasteiger partial charge in [0.05, 0.1) is 23.8 Å². The van der Waals surface area contributed by atoms with Gasteiger partial charge in [-0.25, -0.2) is 0 Å². The predicted molar refractivity (Wildman–Crippen MR) is 66.6 cm³/mol. The lowest BCUT2D eigenvalue weighted by molar-refractivity contribution is 0.753. The van der Waals surface area contributed by atoms with Crippen molar-refractivity contribution < 1.29 is 0 Å². The average Bonchev–Trinajstić information content (AvgIpc) is 2.25. The molecule has 15 heavy (non-hydrogen) atoms. The van der Waals surface area contributed by atoms with Crippen molar-refractivity contribution in [3.05, 3.63) is 18.5 Å². The molecule has 1 aromatic rings. The van der Waals surface area contributed by atoms with Gasteiger partial charge in [0.15, 0.2) is 0 Å². The fourth-order valence-electron chi connectivity index (χ4n) is 1.28. The first-order chi connectivity index (χ1) is 7.15. The van der Waals surface area contributed by atoms with Crippen LogP contribution in [-0.2, 0) is 0 Å². The number of anilines is 2. The topological polar surface area (TPSA) is 28.2 Å². The Hall–Kier alpha value is -1.25. The van der Waals surface area contributed by atoms with E-state index in [1.54, 1.807) is 0 Å². The van der Waals surface area contributed by atoms with Gasteiger partial charge in [0.1, 0.15) is 0 Å². The maximum Gasteiger partial charge on any atom is 0.0573 e. The van der Waals surface area contributed by atoms with E-state index in [1.807, 2.05) is 12.4 Å². The number of rotatable bonds is 5. The molecule has 84 valence electrons. The molecule has 0 amide bonds. The van der Waals surface area contributed by atoms with Crippen molar-refractivity contribution >= 4 is 11.4 Å². The van der Waals surface area contributed by atoms with Gasteiger partial charge in [-0.1, -0.05) is 6.92 Å². The molecule has 0 saturated carbocycles. The Bertz CT molecular complexity index is 297. The van der Waals surface area contributed by atoms with Crippen LogP contribution in [0.15, 0.2) is 18.5 Å². The van der Waals surface area contributed by atoms with Gasteiger partial charge in [-0.2, -0.15) is 0 Å². The summed E-state index contributed by atoms with van der Waals surface area (Å²) in [5, 5.41) is 3.34. The number of hydrogen-bond donors (Lipinski definition) is 1. The molecule has 1 aromatic heterocycles. The number of nitrogens with one attached hydrogen (secondary N) is 1. The summed E-state index contributed by atoms with van der Waals surface area (Å²) >= 11 is 0. The van der Waals surface area contributed by atoms with Crippen LogP contribution >= 0.6 is 0 Å². The molecule has 1 rings (SSSR count). The van der Waals surface area contributed by atoms with Crippen LogP contribution in [0.25, 0.3) is 0 Å². The van der Waals surface area contributed by atoms with E-state index in [0.717, 1.165) is 24.3 Å². The zero-order chi connectivity index (χ0) is 11.3. The second-order valence-electron chi connectivity index (χ2n) is 4.06. The van der Waals surface area contributed by atoms with Crippen molar-refractivity contribution in [2.24, 2.45) is 0 Å². The van der Waals surface area contributed by atoms with Crippen LogP contribution in [0.3, 0.4) is 0 Å². The summed E-state index contributed by atoms with van der Waals surface area (Å²) in [5.41, 5.74) is 2.26. The smallest absolute Gasteiger partial charge is 0.0573 e. The van der Waals surface area contributed by atoms with E-state index in [-0.39, 0.29) is 0 Å². The number of hydrogen-bond acceptors (Lipinski definition) is 3. The van der Waals surface area contributed by atoms with Gasteiger partial charge in [-0.3, -0.25) is 4.98 Å². The molecule has 3 nitrogen and oxygen atoms in total. The molecule has 0 aliphatic heterocycles. The lowest BCUT2D eigenvalue weighted by atomic mass is 10.3. The van der Waals surface area contributed by atoms with Crippen molar-refractivity contribution in [1.29, 1.82) is 0 Å². The van der Waals surface area contributed by atoms with Crippen LogP contribution < -0.4 is 10.2 Å². The van der Waals surface area contributed by atoms with Crippen LogP contribution in [0.4, 0.5) is 11.4 Å². The highest BCUT2D eigenvalue weighted by Gasteiger charge is 2.05. The average molecular weight is 207 g/mol. The lowest BCUT2D eigenvalue weighted by Gasteiger charge is -2.23. The third kappa shape index (κ3) is 3.42. The van der Waals surface area contributed by atoms with E-state index < -0.39 is 0 Å². The molecule has 0 bridgehead atoms. The van der Waals surface area contributed by atoms with E-state index >= 15 is 0 Å². The Morgan fingerprint density at radius 3 is 2.73 bits per heavy atom. The highest BCUT2D eigenvalue weighted by Crippen LogP contribution is 2.18. The van der Waals surface area contributed by atoms with Gasteiger partial charge in [-0.05, 0) is 26.3 Å². The lowest BCUT2D eigenvalue weighted by Crippen LogP contribution is -2.25. The predicted octanol–water partition coefficient (Wildman–Crippen LogP) is 2.75. The third-order valence-corrected chi connectivity index (χ3v) is 2.48. The standard InChI is InChI=1S/C12H21N3/c1-5-6-14-11-7-12(9-13-8-11)15(4)10(2)3/h7-10,14H,5-6H2,1-4H3. The molecule has 0 saturated heterocycles. The van der Waals surface area contributed by atoms with Crippen molar-refractivity contribution in [1.82, 2.24) is 4.98 Å². The van der Waals surface area contributed by atoms with E-state index in [1.165, 1.54) is 0 Å². The van der Waals surface area contributed by atoms with Crippen molar-refractivity contribution in [3.8, 4) is 0 Å². The maximum atomic E-state index is 4.24. The van der Waals surface area contributed by atoms with Crippen LogP contribution in [0, 0.1) is 0 Å². The summed E-state index contributed by atoms with van der Waals surface area (Å²) in [5.74, 6) is 0. The molecule has 0 fully saturated rings. The van der Waals surface area contributed by atoms with Crippen LogP contribution in [0.2, 0.25) is 0 Å². The molecule has 0 aromatic carbocycles. The minimum atomic E-state index is 0.494. The molecule has 0 atom stereocenters. The quantitative estimate of drug-likeness (QED) is 0.804. The van der Waals surface area contributed by atoms with Crippen molar-refractivity contribution in [2.45, 2.75) is 33.2 Å². The number of aromatic nitrogens is 1. The highest BCUT2D eigenvalue weighted by atomic mass is 15.1. The van der Waals surface area contributed by atoms with Crippen LogP contribution in [-0.4, -0.2) is 24.6 Å². The fourth-order valence-corrected chi connectivity index (χ4v) is 1.28. The van der Waals surface area contributed by atoms with Gasteiger partial charge < -0.3 is 10.2 Å². The van der Waals surface area contributed by atoms with Crippen LogP contribution in [0.1, 0.15) is 27.2 Å². The molecular formula is C12H21N3. The van der Waals surface area contributed by atoms with Crippen molar-refractivity contribution in [3.63, 3.8) is 0 Å². The summed E-state index contributed by atoms with van der Waals surface area (Å²) in [4.78, 5) is 6.45. The second-order valence-corrected chi connectivity index (χ2v) is 4.06. The summed E-state index contributed by atoms with van der Waals surface area (Å²) in [6.07, 6.45) is 4.90. The van der Waals surface area contributed by atoms with Gasteiger partial charge in [0, 0.05) is 19.6 Å². The van der Waals surface area contributed by atoms with E-state index in [4.69, 9.17) is 0 Å². The third-order valence-electron chi connectivity index (χ3n) is 2.48. The van der Waals surface area contributed by atoms with Gasteiger partial charge in [-0.15, -0.1) is 0 Å². The minimum Gasteiger partial charge on any atom is -0.384 e. The molecule has 0 unspecified atom stereocenters. The first kappa shape index (κ1) is 11.8. The molecular weight excluding hydrogens is 186 g/mol. The Balaban J connectivity index is 2.73. The molecule has 0 aliphatic carbocycles. The molecule has 1 heterocycles. The Labute approximate surface area is 92.5 Å². The van der Waals surface area contributed by atoms with E-state index in [0.29, 0.717) is 6.04 Å². The number of nitrogens with zero attached hydrogens (tertiary/aromatic N) is 2. The Kier molecular flexibility index (Phi) is 4.40. The summed E-state index contributed by atoms with van der Waals surface area (Å²) in [6, 6.07) is 2.64. The largest absolute Gasteiger partial charge is 0.384 e. The van der Waals surface area contributed by atoms with E-state index in [9.17, 15) is 0 Å². The Morgan fingerprint density at radius 2 is 2.13 bits per heavy atom. The summed E-state index contributed by atoms with van der Waals surface area (Å²) < 4.78 is 0. The summed E-state index contributed by atoms with van der Waals surface area (Å²) in [6.45, 7) is 7.50. The first-order valence-corrected chi connectivity index (χ1v) is 5.57. The Morgan fingerprint density at radius 1 is 1.40 bits per heavy atom. The highest BCUT2D eigenvalue weighted by molar-refractivity contribution is 5.55. The second kappa shape index (κ2) is 5.59. The van der Waals surface area contributed by atoms with Gasteiger partial charge in [0.2, 0.25) is 0 Å². The van der Waals surface area contributed by atoms with E-state index in [2.05, 4.69) is 49.1 Å². The zero-order valence-electron chi connectivity index (χ0n) is 10.1. The SMILES string of the molecule is CCCNc1cncc(N(C)C(C)C)c1. The molecule has 0 radical (unpaired) electrons. The van der Waals surface area contributed by atoms with Crippen LogP contribution in [0.5, 0.6) is 0 Å². The monoisotopic (exact) mass is 207 g/mol. The van der Waals surface area contributed by atoms with Gasteiger partial charge >= 0.3 is 0 Å². The molecule has 0 aliphatic rings. The molecule has 3 heteroatoms. The zero-order valence-corrected chi connectivity index (χ0v) is 10.1. The van der Waals surface area contributed by atoms with Crippen molar-refractivity contribution in [2.75, 3.05) is 23.8 Å². The molecule has 0 spiro atoms. The van der Waals surface area contributed by atoms with Gasteiger partial charge in [0.25, 0.3) is 0 Å².